The Morgan fingerprint density at radius 2 is 2.00 bits per heavy atom. The minimum Gasteiger partial charge on any atom is -0.395 e. The lowest BCUT2D eigenvalue weighted by atomic mass is 10.1. The SMILES string of the molecule is O=C(Cc1cccc(Cl)c1)Nc1nc2cc3c(cc2[nH]1)OC(F)(F)O3. The van der Waals surface area contributed by atoms with E-state index in [9.17, 15) is 13.6 Å². The van der Waals surface area contributed by atoms with E-state index in [1.807, 2.05) is 0 Å². The Morgan fingerprint density at radius 1 is 1.24 bits per heavy atom. The summed E-state index contributed by atoms with van der Waals surface area (Å²) in [5.41, 5.74) is 1.54. The van der Waals surface area contributed by atoms with Gasteiger partial charge in [-0.2, -0.15) is 0 Å². The third-order valence-corrected chi connectivity index (χ3v) is 3.75. The monoisotopic (exact) mass is 365 g/mol. The van der Waals surface area contributed by atoms with Crippen LogP contribution in [-0.4, -0.2) is 22.2 Å². The molecule has 0 saturated carbocycles. The van der Waals surface area contributed by atoms with Crippen molar-refractivity contribution in [3.05, 3.63) is 47.0 Å². The van der Waals surface area contributed by atoms with E-state index in [4.69, 9.17) is 11.6 Å². The van der Waals surface area contributed by atoms with Gasteiger partial charge >= 0.3 is 6.29 Å². The number of nitrogens with zero attached hydrogens (tertiary/aromatic N) is 1. The number of hydrogen-bond acceptors (Lipinski definition) is 4. The molecule has 0 aliphatic carbocycles. The molecule has 2 aromatic carbocycles. The highest BCUT2D eigenvalue weighted by atomic mass is 35.5. The molecule has 0 atom stereocenters. The summed E-state index contributed by atoms with van der Waals surface area (Å²) in [5.74, 6) is -0.316. The van der Waals surface area contributed by atoms with Crippen molar-refractivity contribution in [1.29, 1.82) is 0 Å². The van der Waals surface area contributed by atoms with Crippen molar-refractivity contribution < 1.29 is 23.0 Å². The van der Waals surface area contributed by atoms with Crippen LogP contribution in [0, 0.1) is 0 Å². The molecule has 25 heavy (non-hydrogen) atoms. The number of H-pyrrole nitrogens is 1. The Kier molecular flexibility index (Phi) is 3.50. The molecule has 1 aliphatic heterocycles. The first kappa shape index (κ1) is 15.6. The largest absolute Gasteiger partial charge is 0.586 e. The molecular formula is C16H10ClF2N3O3. The fraction of sp³-hybridized carbons (Fsp3) is 0.125. The number of imidazole rings is 1. The van der Waals surface area contributed by atoms with Gasteiger partial charge in [0.15, 0.2) is 11.5 Å². The van der Waals surface area contributed by atoms with Crippen LogP contribution in [0.4, 0.5) is 14.7 Å². The van der Waals surface area contributed by atoms with Crippen molar-refractivity contribution >= 4 is 34.5 Å². The maximum Gasteiger partial charge on any atom is 0.586 e. The summed E-state index contributed by atoms with van der Waals surface area (Å²) < 4.78 is 34.8. The van der Waals surface area contributed by atoms with E-state index in [-0.39, 0.29) is 29.8 Å². The zero-order chi connectivity index (χ0) is 17.6. The smallest absolute Gasteiger partial charge is 0.395 e. The summed E-state index contributed by atoms with van der Waals surface area (Å²) in [6.07, 6.45) is -3.57. The number of hydrogen-bond donors (Lipinski definition) is 2. The average molecular weight is 366 g/mol. The van der Waals surface area contributed by atoms with Crippen molar-refractivity contribution in [1.82, 2.24) is 9.97 Å². The van der Waals surface area contributed by atoms with E-state index in [0.717, 1.165) is 5.56 Å². The molecule has 0 fully saturated rings. The summed E-state index contributed by atoms with van der Waals surface area (Å²) in [5, 5.41) is 3.15. The van der Waals surface area contributed by atoms with Gasteiger partial charge in [-0.15, -0.1) is 8.78 Å². The summed E-state index contributed by atoms with van der Waals surface area (Å²) >= 11 is 5.88. The van der Waals surface area contributed by atoms with Gasteiger partial charge < -0.3 is 14.5 Å². The van der Waals surface area contributed by atoms with E-state index in [1.54, 1.807) is 24.3 Å². The molecular weight excluding hydrogens is 356 g/mol. The van der Waals surface area contributed by atoms with Crippen molar-refractivity contribution in [3.63, 3.8) is 0 Å². The standard InChI is InChI=1S/C16H10ClF2N3O3/c17-9-3-1-2-8(4-9)5-14(23)22-15-20-10-6-12-13(7-11(10)21-15)25-16(18,19)24-12/h1-4,6-7H,5H2,(H2,20,21,22,23). The Morgan fingerprint density at radius 3 is 2.76 bits per heavy atom. The predicted octanol–water partition coefficient (Wildman–Crippen LogP) is 3.72. The first-order valence-electron chi connectivity index (χ1n) is 7.22. The van der Waals surface area contributed by atoms with Crippen LogP contribution in [0.1, 0.15) is 5.56 Å². The quantitative estimate of drug-likeness (QED) is 0.741. The van der Waals surface area contributed by atoms with Gasteiger partial charge in [0, 0.05) is 17.2 Å². The third kappa shape index (κ3) is 3.20. The van der Waals surface area contributed by atoms with Crippen LogP contribution in [0.15, 0.2) is 36.4 Å². The first-order valence-corrected chi connectivity index (χ1v) is 7.60. The number of fused-ring (bicyclic) bond motifs is 2. The number of amides is 1. The molecule has 9 heteroatoms. The highest BCUT2D eigenvalue weighted by Crippen LogP contribution is 2.42. The number of aromatic amines is 1. The van der Waals surface area contributed by atoms with E-state index in [1.165, 1.54) is 12.1 Å². The lowest BCUT2D eigenvalue weighted by molar-refractivity contribution is -0.286. The number of benzene rings is 2. The molecule has 2 N–H and O–H groups in total. The van der Waals surface area contributed by atoms with Crippen LogP contribution in [0.25, 0.3) is 11.0 Å². The van der Waals surface area contributed by atoms with E-state index in [0.29, 0.717) is 16.1 Å². The normalized spacial score (nSPS) is 14.7. The Labute approximate surface area is 144 Å². The van der Waals surface area contributed by atoms with Crippen LogP contribution in [0.5, 0.6) is 11.5 Å². The molecule has 0 bridgehead atoms. The molecule has 1 amide bonds. The van der Waals surface area contributed by atoms with Gasteiger partial charge in [0.25, 0.3) is 0 Å². The molecule has 0 unspecified atom stereocenters. The molecule has 4 rings (SSSR count). The number of nitrogens with one attached hydrogen (secondary N) is 2. The fourth-order valence-corrected chi connectivity index (χ4v) is 2.73. The van der Waals surface area contributed by atoms with Gasteiger partial charge in [-0.1, -0.05) is 23.7 Å². The number of aromatic nitrogens is 2. The summed E-state index contributed by atoms with van der Waals surface area (Å²) in [7, 11) is 0. The van der Waals surface area contributed by atoms with Crippen molar-refractivity contribution in [2.45, 2.75) is 12.7 Å². The molecule has 0 spiro atoms. The maximum atomic E-state index is 13.0. The molecule has 2 heterocycles. The van der Waals surface area contributed by atoms with E-state index < -0.39 is 6.29 Å². The first-order chi connectivity index (χ1) is 11.9. The van der Waals surface area contributed by atoms with Crippen LogP contribution in [0.2, 0.25) is 5.02 Å². The number of ether oxygens (including phenoxy) is 2. The molecule has 0 radical (unpaired) electrons. The van der Waals surface area contributed by atoms with Gasteiger partial charge in [0.2, 0.25) is 11.9 Å². The number of carbonyl (C=O) groups is 1. The number of carbonyl (C=O) groups excluding carboxylic acids is 1. The van der Waals surface area contributed by atoms with E-state index >= 15 is 0 Å². The lowest BCUT2D eigenvalue weighted by Crippen LogP contribution is -2.25. The van der Waals surface area contributed by atoms with Crippen LogP contribution >= 0.6 is 11.6 Å². The summed E-state index contributed by atoms with van der Waals surface area (Å²) in [6.45, 7) is 0. The number of halogens is 3. The predicted molar refractivity (Wildman–Crippen MR) is 86.1 cm³/mol. The second kappa shape index (κ2) is 5.59. The van der Waals surface area contributed by atoms with Gasteiger partial charge in [-0.3, -0.25) is 10.1 Å². The molecule has 1 aromatic heterocycles. The zero-order valence-corrected chi connectivity index (χ0v) is 13.2. The summed E-state index contributed by atoms with van der Waals surface area (Å²) in [6, 6.07) is 9.60. The topological polar surface area (TPSA) is 76.2 Å². The van der Waals surface area contributed by atoms with Crippen LogP contribution in [0.3, 0.4) is 0 Å². The average Bonchev–Trinajstić information content (AvgIpc) is 3.00. The third-order valence-electron chi connectivity index (χ3n) is 3.52. The molecule has 6 nitrogen and oxygen atoms in total. The second-order valence-electron chi connectivity index (χ2n) is 5.42. The number of alkyl halides is 2. The second-order valence-corrected chi connectivity index (χ2v) is 5.86. The number of anilines is 1. The van der Waals surface area contributed by atoms with Gasteiger partial charge in [0.05, 0.1) is 17.5 Å². The minimum absolute atomic E-state index is 0.0991. The maximum absolute atomic E-state index is 13.0. The Hall–Kier alpha value is -2.87. The van der Waals surface area contributed by atoms with E-state index in [2.05, 4.69) is 24.8 Å². The molecule has 1 aliphatic rings. The highest BCUT2D eigenvalue weighted by Gasteiger charge is 2.43. The molecule has 0 saturated heterocycles. The van der Waals surface area contributed by atoms with Gasteiger partial charge in [-0.05, 0) is 17.7 Å². The van der Waals surface area contributed by atoms with Crippen molar-refractivity contribution in [2.24, 2.45) is 0 Å². The zero-order valence-electron chi connectivity index (χ0n) is 12.5. The van der Waals surface area contributed by atoms with Crippen LogP contribution < -0.4 is 14.8 Å². The van der Waals surface area contributed by atoms with Gasteiger partial charge in [0.1, 0.15) is 0 Å². The highest BCUT2D eigenvalue weighted by molar-refractivity contribution is 6.30. The number of rotatable bonds is 3. The van der Waals surface area contributed by atoms with Gasteiger partial charge in [-0.25, -0.2) is 4.98 Å². The Bertz CT molecular complexity index is 945. The van der Waals surface area contributed by atoms with Crippen molar-refractivity contribution in [2.75, 3.05) is 5.32 Å². The molecule has 3 aromatic rings. The van der Waals surface area contributed by atoms with Crippen LogP contribution in [-0.2, 0) is 11.2 Å². The Balaban J connectivity index is 1.52. The lowest BCUT2D eigenvalue weighted by Gasteiger charge is -2.04. The minimum atomic E-state index is -3.69. The fourth-order valence-electron chi connectivity index (χ4n) is 2.52. The van der Waals surface area contributed by atoms with Crippen molar-refractivity contribution in [3.8, 4) is 11.5 Å². The molecule has 128 valence electrons. The summed E-state index contributed by atoms with van der Waals surface area (Å²) in [4.78, 5) is 19.1.